The minimum atomic E-state index is -4.11. The van der Waals surface area contributed by atoms with Crippen LogP contribution in [-0.2, 0) is 26.2 Å². The van der Waals surface area contributed by atoms with Gasteiger partial charge in [0.15, 0.2) is 0 Å². The highest BCUT2D eigenvalue weighted by Crippen LogP contribution is 2.29. The fourth-order valence-electron chi connectivity index (χ4n) is 5.18. The summed E-state index contributed by atoms with van der Waals surface area (Å²) in [7, 11) is -4.11. The molecule has 0 unspecified atom stereocenters. The van der Waals surface area contributed by atoms with Crippen LogP contribution in [-0.4, -0.2) is 43.8 Å². The molecule has 0 aromatic heterocycles. The Kier molecular flexibility index (Phi) is 10.1. The maximum absolute atomic E-state index is 14.2. The van der Waals surface area contributed by atoms with Crippen molar-refractivity contribution in [1.82, 2.24) is 10.2 Å². The van der Waals surface area contributed by atoms with E-state index in [-0.39, 0.29) is 23.4 Å². The lowest BCUT2D eigenvalue weighted by molar-refractivity contribution is -0.139. The average Bonchev–Trinajstić information content (AvgIpc) is 2.97. The molecule has 1 atom stereocenters. The van der Waals surface area contributed by atoms with Gasteiger partial charge in [-0.2, -0.15) is 0 Å². The molecule has 1 aliphatic carbocycles. The molecule has 1 N–H and O–H groups in total. The van der Waals surface area contributed by atoms with Crippen LogP contribution in [0.25, 0.3) is 0 Å². The summed E-state index contributed by atoms with van der Waals surface area (Å²) in [5, 5.41) is 3.58. The Bertz CT molecular complexity index is 1470. The maximum Gasteiger partial charge on any atom is 0.264 e. The lowest BCUT2D eigenvalue weighted by Gasteiger charge is -2.33. The van der Waals surface area contributed by atoms with Gasteiger partial charge in [-0.15, -0.1) is 0 Å². The molecule has 1 aliphatic rings. The minimum absolute atomic E-state index is 0.0593. The number of hydrogen-bond acceptors (Lipinski definition) is 4. The zero-order valence-corrected chi connectivity index (χ0v) is 25.4. The number of nitrogens with zero attached hydrogens (tertiary/aromatic N) is 2. The number of carbonyl (C=O) groups is 2. The number of halogens is 1. The van der Waals surface area contributed by atoms with Gasteiger partial charge >= 0.3 is 0 Å². The molecule has 3 aromatic rings. The lowest BCUT2D eigenvalue weighted by atomic mass is 9.95. The molecular weight excluding hydrogens is 558 g/mol. The fourth-order valence-corrected chi connectivity index (χ4v) is 6.87. The largest absolute Gasteiger partial charge is 0.352 e. The van der Waals surface area contributed by atoms with Gasteiger partial charge in [0.1, 0.15) is 12.6 Å². The molecule has 41 heavy (non-hydrogen) atoms. The Morgan fingerprint density at radius 3 is 2.29 bits per heavy atom. The van der Waals surface area contributed by atoms with Crippen molar-refractivity contribution in [3.05, 3.63) is 94.5 Å². The highest BCUT2D eigenvalue weighted by Gasteiger charge is 2.34. The second-order valence-electron chi connectivity index (χ2n) is 10.7. The molecule has 0 bridgehead atoms. The molecule has 3 aromatic carbocycles. The van der Waals surface area contributed by atoms with E-state index in [1.165, 1.54) is 17.0 Å². The van der Waals surface area contributed by atoms with Crippen molar-refractivity contribution in [2.75, 3.05) is 10.8 Å². The third-order valence-corrected chi connectivity index (χ3v) is 9.80. The van der Waals surface area contributed by atoms with E-state index in [0.717, 1.165) is 42.0 Å². The monoisotopic (exact) mass is 595 g/mol. The number of benzene rings is 3. The van der Waals surface area contributed by atoms with E-state index < -0.39 is 28.5 Å². The van der Waals surface area contributed by atoms with E-state index >= 15 is 0 Å². The molecule has 2 amide bonds. The highest BCUT2D eigenvalue weighted by atomic mass is 35.5. The molecule has 0 spiro atoms. The van der Waals surface area contributed by atoms with Crippen molar-refractivity contribution in [2.24, 2.45) is 0 Å². The number of rotatable bonds is 10. The van der Waals surface area contributed by atoms with Crippen LogP contribution in [0.4, 0.5) is 5.69 Å². The van der Waals surface area contributed by atoms with Gasteiger partial charge in [-0.05, 0) is 74.6 Å². The zero-order chi connectivity index (χ0) is 29.6. The van der Waals surface area contributed by atoms with E-state index in [2.05, 4.69) is 5.32 Å². The van der Waals surface area contributed by atoms with Gasteiger partial charge < -0.3 is 10.2 Å². The van der Waals surface area contributed by atoms with Gasteiger partial charge in [-0.3, -0.25) is 13.9 Å². The van der Waals surface area contributed by atoms with Crippen LogP contribution in [0.2, 0.25) is 5.02 Å². The van der Waals surface area contributed by atoms with Crippen molar-refractivity contribution in [3.8, 4) is 0 Å². The maximum atomic E-state index is 14.2. The predicted octanol–water partition coefficient (Wildman–Crippen LogP) is 6.02. The molecule has 1 fully saturated rings. The molecule has 0 heterocycles. The first-order valence-electron chi connectivity index (χ1n) is 14.1. The predicted molar refractivity (Wildman–Crippen MR) is 163 cm³/mol. The molecule has 1 saturated carbocycles. The van der Waals surface area contributed by atoms with Crippen LogP contribution in [0.1, 0.15) is 55.7 Å². The second-order valence-corrected chi connectivity index (χ2v) is 13.0. The minimum Gasteiger partial charge on any atom is -0.352 e. The summed E-state index contributed by atoms with van der Waals surface area (Å²) in [4.78, 5) is 29.1. The average molecular weight is 596 g/mol. The van der Waals surface area contributed by atoms with Gasteiger partial charge in [0.25, 0.3) is 10.0 Å². The molecule has 7 nitrogen and oxygen atoms in total. The topological polar surface area (TPSA) is 86.8 Å². The zero-order valence-electron chi connectivity index (χ0n) is 23.8. The molecule has 218 valence electrons. The summed E-state index contributed by atoms with van der Waals surface area (Å²) in [6, 6.07) is 19.9. The van der Waals surface area contributed by atoms with E-state index in [9.17, 15) is 18.0 Å². The number of carbonyl (C=O) groups excluding carboxylic acids is 2. The first-order chi connectivity index (χ1) is 19.6. The van der Waals surface area contributed by atoms with Gasteiger partial charge in [-0.25, -0.2) is 8.42 Å². The van der Waals surface area contributed by atoms with Crippen LogP contribution < -0.4 is 9.62 Å². The van der Waals surface area contributed by atoms with Crippen LogP contribution in [0.5, 0.6) is 0 Å². The Morgan fingerprint density at radius 1 is 0.951 bits per heavy atom. The standard InChI is InChI=1S/C32H38ClN3O4S/c1-23-18-19-24(2)30(20-23)36(41(39,40)28-15-8-5-9-16-28)22-31(37)35(21-26-12-10-11-17-29(26)33)25(3)32(38)34-27-13-6-4-7-14-27/h5,8-12,15-20,25,27H,4,6-7,13-14,21-22H2,1-3H3,(H,34,38)/t25-/m0/s1. The Hall–Kier alpha value is -3.36. The van der Waals surface area contributed by atoms with Crippen LogP contribution in [0, 0.1) is 13.8 Å². The van der Waals surface area contributed by atoms with Gasteiger partial charge in [0.2, 0.25) is 11.8 Å². The summed E-state index contributed by atoms with van der Waals surface area (Å²) >= 11 is 6.46. The molecule has 9 heteroatoms. The molecule has 0 aliphatic heterocycles. The Labute approximate surface area is 248 Å². The number of amides is 2. The SMILES string of the molecule is Cc1ccc(C)c(N(CC(=O)N(Cc2ccccc2Cl)[C@@H](C)C(=O)NC2CCCCC2)S(=O)(=O)c2ccccc2)c1. The number of anilines is 1. The second kappa shape index (κ2) is 13.5. The van der Waals surface area contributed by atoms with Gasteiger partial charge in [0.05, 0.1) is 10.6 Å². The molecular formula is C32H38ClN3O4S. The van der Waals surface area contributed by atoms with Gasteiger partial charge in [0, 0.05) is 17.6 Å². The number of aryl methyl sites for hydroxylation is 2. The highest BCUT2D eigenvalue weighted by molar-refractivity contribution is 7.92. The van der Waals surface area contributed by atoms with Crippen LogP contribution >= 0.6 is 11.6 Å². The van der Waals surface area contributed by atoms with E-state index in [1.54, 1.807) is 49.4 Å². The van der Waals surface area contributed by atoms with E-state index in [4.69, 9.17) is 11.6 Å². The molecule has 0 saturated heterocycles. The summed E-state index contributed by atoms with van der Waals surface area (Å²) in [5.74, 6) is -0.766. The van der Waals surface area contributed by atoms with Crippen LogP contribution in [0.15, 0.2) is 77.7 Å². The summed E-state index contributed by atoms with van der Waals surface area (Å²) in [6.45, 7) is 4.95. The Morgan fingerprint density at radius 2 is 1.61 bits per heavy atom. The summed E-state index contributed by atoms with van der Waals surface area (Å²) < 4.78 is 29.1. The van der Waals surface area contributed by atoms with Crippen molar-refractivity contribution < 1.29 is 18.0 Å². The van der Waals surface area contributed by atoms with E-state index in [1.807, 2.05) is 32.0 Å². The number of sulfonamides is 1. The lowest BCUT2D eigenvalue weighted by Crippen LogP contribution is -2.53. The fraction of sp³-hybridized carbons (Fsp3) is 0.375. The number of nitrogens with one attached hydrogen (secondary N) is 1. The molecule has 4 rings (SSSR count). The third kappa shape index (κ3) is 7.49. The Balaban J connectivity index is 1.71. The van der Waals surface area contributed by atoms with Crippen molar-refractivity contribution in [2.45, 2.75) is 76.4 Å². The normalized spacial score (nSPS) is 14.7. The van der Waals surface area contributed by atoms with Gasteiger partial charge in [-0.1, -0.05) is 79.4 Å². The first kappa shape index (κ1) is 30.6. The van der Waals surface area contributed by atoms with Crippen molar-refractivity contribution in [3.63, 3.8) is 0 Å². The van der Waals surface area contributed by atoms with Crippen LogP contribution in [0.3, 0.4) is 0 Å². The quantitative estimate of drug-likeness (QED) is 0.311. The van der Waals surface area contributed by atoms with Crippen molar-refractivity contribution >= 4 is 39.1 Å². The third-order valence-electron chi connectivity index (χ3n) is 7.66. The van der Waals surface area contributed by atoms with Crippen molar-refractivity contribution in [1.29, 1.82) is 0 Å². The summed E-state index contributed by atoms with van der Waals surface area (Å²) in [5.41, 5.74) is 2.66. The smallest absolute Gasteiger partial charge is 0.264 e. The number of hydrogen-bond donors (Lipinski definition) is 1. The first-order valence-corrected chi connectivity index (χ1v) is 15.9. The molecule has 0 radical (unpaired) electrons. The summed E-state index contributed by atoms with van der Waals surface area (Å²) in [6.07, 6.45) is 5.09. The van der Waals surface area contributed by atoms with E-state index in [0.29, 0.717) is 21.8 Å².